The Hall–Kier alpha value is -2.62. The van der Waals surface area contributed by atoms with Crippen LogP contribution in [-0.4, -0.2) is 24.8 Å². The first-order valence-corrected chi connectivity index (χ1v) is 7.72. The minimum absolute atomic E-state index is 0.0176. The molecule has 1 N–H and O–H groups in total. The second-order valence-electron chi connectivity index (χ2n) is 5.54. The highest BCUT2D eigenvalue weighted by Gasteiger charge is 2.11. The maximum atomic E-state index is 12.3. The Morgan fingerprint density at radius 1 is 1.09 bits per heavy atom. The van der Waals surface area contributed by atoms with Gasteiger partial charge < -0.3 is 10.2 Å². The molecule has 0 unspecified atom stereocenters. The summed E-state index contributed by atoms with van der Waals surface area (Å²) in [5, 5.41) is 2.85. The first-order valence-electron chi connectivity index (χ1n) is 7.72. The molecule has 23 heavy (non-hydrogen) atoms. The number of carbonyl (C=O) groups is 2. The van der Waals surface area contributed by atoms with E-state index in [0.29, 0.717) is 11.3 Å². The molecule has 1 amide bonds. The standard InChI is InChI=1S/C19H22N2O2/c1-4-21(18-10-5-7-14(2)11-18)13-19(23)20-17-9-6-8-16(12-17)15(3)22/h5-12H,4,13H2,1-3H3,(H,20,23). The van der Waals surface area contributed by atoms with E-state index >= 15 is 0 Å². The number of anilines is 2. The average molecular weight is 310 g/mol. The number of likely N-dealkylation sites (N-methyl/N-ethyl adjacent to an activating group) is 1. The molecule has 0 spiro atoms. The van der Waals surface area contributed by atoms with E-state index < -0.39 is 0 Å². The van der Waals surface area contributed by atoms with Crippen LogP contribution in [0.25, 0.3) is 0 Å². The fourth-order valence-corrected chi connectivity index (χ4v) is 2.40. The Labute approximate surface area is 137 Å². The molecule has 120 valence electrons. The molecule has 0 aliphatic carbocycles. The maximum absolute atomic E-state index is 12.3. The van der Waals surface area contributed by atoms with Gasteiger partial charge in [0.2, 0.25) is 5.91 Å². The lowest BCUT2D eigenvalue weighted by Crippen LogP contribution is -2.33. The van der Waals surface area contributed by atoms with E-state index in [0.717, 1.165) is 17.8 Å². The van der Waals surface area contributed by atoms with E-state index in [9.17, 15) is 9.59 Å². The molecule has 2 rings (SSSR count). The number of amides is 1. The van der Waals surface area contributed by atoms with Gasteiger partial charge in [-0.3, -0.25) is 9.59 Å². The molecule has 0 aromatic heterocycles. The Balaban J connectivity index is 2.06. The fourth-order valence-electron chi connectivity index (χ4n) is 2.40. The van der Waals surface area contributed by atoms with Crippen molar-refractivity contribution < 1.29 is 9.59 Å². The Morgan fingerprint density at radius 3 is 2.48 bits per heavy atom. The molecule has 0 heterocycles. The summed E-state index contributed by atoms with van der Waals surface area (Å²) in [7, 11) is 0. The third-order valence-electron chi connectivity index (χ3n) is 3.64. The number of nitrogens with one attached hydrogen (secondary N) is 1. The Morgan fingerprint density at radius 2 is 1.83 bits per heavy atom. The van der Waals surface area contributed by atoms with Crippen LogP contribution >= 0.6 is 0 Å². The monoisotopic (exact) mass is 310 g/mol. The topological polar surface area (TPSA) is 49.4 Å². The zero-order valence-electron chi connectivity index (χ0n) is 13.8. The van der Waals surface area contributed by atoms with Crippen LogP contribution in [0.15, 0.2) is 48.5 Å². The van der Waals surface area contributed by atoms with Gasteiger partial charge in [-0.2, -0.15) is 0 Å². The molecule has 0 aliphatic heterocycles. The lowest BCUT2D eigenvalue weighted by Gasteiger charge is -2.23. The number of nitrogens with zero attached hydrogens (tertiary/aromatic N) is 1. The Bertz CT molecular complexity index is 710. The number of hydrogen-bond acceptors (Lipinski definition) is 3. The van der Waals surface area contributed by atoms with Gasteiger partial charge in [-0.1, -0.05) is 24.3 Å². The summed E-state index contributed by atoms with van der Waals surface area (Å²) in [6.45, 7) is 6.57. The van der Waals surface area contributed by atoms with Crippen molar-refractivity contribution in [2.45, 2.75) is 20.8 Å². The van der Waals surface area contributed by atoms with Crippen molar-refractivity contribution in [1.82, 2.24) is 0 Å². The number of aryl methyl sites for hydroxylation is 1. The number of hydrogen-bond donors (Lipinski definition) is 1. The van der Waals surface area contributed by atoms with Crippen molar-refractivity contribution in [1.29, 1.82) is 0 Å². The van der Waals surface area contributed by atoms with Gasteiger partial charge >= 0.3 is 0 Å². The van der Waals surface area contributed by atoms with Crippen LogP contribution in [0.3, 0.4) is 0 Å². The van der Waals surface area contributed by atoms with Gasteiger partial charge in [0.25, 0.3) is 0 Å². The normalized spacial score (nSPS) is 10.2. The minimum atomic E-state index is -0.103. The third kappa shape index (κ3) is 4.68. The SMILES string of the molecule is CCN(CC(=O)Nc1cccc(C(C)=O)c1)c1cccc(C)c1. The van der Waals surface area contributed by atoms with Crippen molar-refractivity contribution in [2.75, 3.05) is 23.3 Å². The van der Waals surface area contributed by atoms with Crippen molar-refractivity contribution in [3.05, 3.63) is 59.7 Å². The molecule has 0 bridgehead atoms. The lowest BCUT2D eigenvalue weighted by atomic mass is 10.1. The van der Waals surface area contributed by atoms with Gasteiger partial charge in [-0.25, -0.2) is 0 Å². The highest BCUT2D eigenvalue weighted by Crippen LogP contribution is 2.16. The van der Waals surface area contributed by atoms with Gasteiger partial charge in [0.1, 0.15) is 0 Å². The molecule has 4 nitrogen and oxygen atoms in total. The molecule has 0 aliphatic rings. The first-order chi connectivity index (χ1) is 11.0. The summed E-state index contributed by atoms with van der Waals surface area (Å²) in [6, 6.07) is 15.1. The van der Waals surface area contributed by atoms with Crippen molar-refractivity contribution in [3.8, 4) is 0 Å². The number of ketones is 1. The molecular formula is C19H22N2O2. The number of benzene rings is 2. The highest BCUT2D eigenvalue weighted by atomic mass is 16.2. The summed E-state index contributed by atoms with van der Waals surface area (Å²) < 4.78 is 0. The average Bonchev–Trinajstić information content (AvgIpc) is 2.52. The van der Waals surface area contributed by atoms with Crippen LogP contribution < -0.4 is 10.2 Å². The van der Waals surface area contributed by atoms with E-state index in [1.807, 2.05) is 36.9 Å². The minimum Gasteiger partial charge on any atom is -0.362 e. The van der Waals surface area contributed by atoms with E-state index in [1.54, 1.807) is 24.3 Å². The summed E-state index contributed by atoms with van der Waals surface area (Å²) in [5.74, 6) is -0.120. The Kier molecular flexibility index (Phi) is 5.52. The molecule has 0 atom stereocenters. The van der Waals surface area contributed by atoms with Crippen molar-refractivity contribution in [2.24, 2.45) is 0 Å². The van der Waals surface area contributed by atoms with Gasteiger partial charge in [0, 0.05) is 23.5 Å². The van der Waals surface area contributed by atoms with Crippen LogP contribution in [0, 0.1) is 6.92 Å². The van der Waals surface area contributed by atoms with Crippen LogP contribution in [0.2, 0.25) is 0 Å². The zero-order valence-corrected chi connectivity index (χ0v) is 13.8. The molecule has 0 saturated carbocycles. The number of carbonyl (C=O) groups excluding carboxylic acids is 2. The van der Waals surface area contributed by atoms with Gasteiger partial charge in [0.05, 0.1) is 6.54 Å². The zero-order chi connectivity index (χ0) is 16.8. The van der Waals surface area contributed by atoms with E-state index in [-0.39, 0.29) is 18.2 Å². The molecular weight excluding hydrogens is 288 g/mol. The molecule has 0 fully saturated rings. The predicted molar refractivity (Wildman–Crippen MR) is 94.1 cm³/mol. The van der Waals surface area contributed by atoms with E-state index in [4.69, 9.17) is 0 Å². The largest absolute Gasteiger partial charge is 0.362 e. The predicted octanol–water partition coefficient (Wildman–Crippen LogP) is 3.66. The highest BCUT2D eigenvalue weighted by molar-refractivity contribution is 5.98. The molecule has 0 saturated heterocycles. The van der Waals surface area contributed by atoms with Crippen LogP contribution in [0.4, 0.5) is 11.4 Å². The van der Waals surface area contributed by atoms with E-state index in [2.05, 4.69) is 11.4 Å². The number of Topliss-reactive ketones (excluding diaryl/α,β-unsaturated/α-hetero) is 1. The van der Waals surface area contributed by atoms with Gasteiger partial charge in [-0.05, 0) is 50.6 Å². The van der Waals surface area contributed by atoms with Crippen molar-refractivity contribution in [3.63, 3.8) is 0 Å². The molecule has 2 aromatic rings. The van der Waals surface area contributed by atoms with Gasteiger partial charge in [-0.15, -0.1) is 0 Å². The summed E-state index contributed by atoms with van der Waals surface area (Å²) in [4.78, 5) is 25.7. The number of rotatable bonds is 6. The summed E-state index contributed by atoms with van der Waals surface area (Å²) >= 11 is 0. The maximum Gasteiger partial charge on any atom is 0.243 e. The van der Waals surface area contributed by atoms with E-state index in [1.165, 1.54) is 6.92 Å². The second-order valence-corrected chi connectivity index (χ2v) is 5.54. The van der Waals surface area contributed by atoms with Crippen molar-refractivity contribution >= 4 is 23.1 Å². The lowest BCUT2D eigenvalue weighted by molar-refractivity contribution is -0.115. The van der Waals surface area contributed by atoms with Crippen LogP contribution in [-0.2, 0) is 4.79 Å². The first kappa shape index (κ1) is 16.7. The van der Waals surface area contributed by atoms with Gasteiger partial charge in [0.15, 0.2) is 5.78 Å². The fraction of sp³-hybridized carbons (Fsp3) is 0.263. The quantitative estimate of drug-likeness (QED) is 0.828. The van der Waals surface area contributed by atoms with Crippen LogP contribution in [0.1, 0.15) is 29.8 Å². The second kappa shape index (κ2) is 7.58. The third-order valence-corrected chi connectivity index (χ3v) is 3.64. The molecule has 2 aromatic carbocycles. The summed E-state index contributed by atoms with van der Waals surface area (Å²) in [6.07, 6.45) is 0. The summed E-state index contributed by atoms with van der Waals surface area (Å²) in [5.41, 5.74) is 3.42. The molecule has 0 radical (unpaired) electrons. The van der Waals surface area contributed by atoms with Crippen LogP contribution in [0.5, 0.6) is 0 Å². The molecule has 4 heteroatoms. The smallest absolute Gasteiger partial charge is 0.243 e.